The van der Waals surface area contributed by atoms with Crippen molar-refractivity contribution in [3.05, 3.63) is 34.4 Å². The highest BCUT2D eigenvalue weighted by molar-refractivity contribution is 5.84. The van der Waals surface area contributed by atoms with Crippen LogP contribution >= 0.6 is 0 Å². The van der Waals surface area contributed by atoms with E-state index in [-0.39, 0.29) is 19.6 Å². The smallest absolute Gasteiger partial charge is 0.351 e. The summed E-state index contributed by atoms with van der Waals surface area (Å²) in [5, 5.41) is 0. The van der Waals surface area contributed by atoms with Gasteiger partial charge in [0.25, 0.3) is 0 Å². The van der Waals surface area contributed by atoms with Crippen LogP contribution < -0.4 is 5.73 Å². The van der Waals surface area contributed by atoms with Gasteiger partial charge in [0.05, 0.1) is 13.0 Å². The number of nitrogens with two attached hydrogens (primary N) is 1. The Morgan fingerprint density at radius 3 is 2.18 bits per heavy atom. The van der Waals surface area contributed by atoms with E-state index in [0.717, 1.165) is 22.3 Å². The van der Waals surface area contributed by atoms with Gasteiger partial charge in [-0.25, -0.2) is 4.79 Å². The maximum Gasteiger partial charge on any atom is 0.351 e. The Morgan fingerprint density at radius 2 is 1.73 bits per heavy atom. The Labute approximate surface area is 131 Å². The zero-order valence-corrected chi connectivity index (χ0v) is 14.0. The Kier molecular flexibility index (Phi) is 6.11. The summed E-state index contributed by atoms with van der Waals surface area (Å²) in [6.07, 6.45) is 0.104. The van der Waals surface area contributed by atoms with Gasteiger partial charge in [-0.2, -0.15) is 0 Å². The zero-order chi connectivity index (χ0) is 16.9. The molecule has 0 spiro atoms. The molecular weight excluding hydrogens is 282 g/mol. The van der Waals surface area contributed by atoms with Crippen LogP contribution in [-0.2, 0) is 25.5 Å². The highest BCUT2D eigenvalue weighted by Crippen LogP contribution is 2.19. The van der Waals surface area contributed by atoms with Gasteiger partial charge in [-0.1, -0.05) is 17.7 Å². The molecule has 0 aromatic heterocycles. The van der Waals surface area contributed by atoms with Gasteiger partial charge in [-0.3, -0.25) is 4.79 Å². The Balaban J connectivity index is 2.88. The molecule has 1 aromatic carbocycles. The Bertz CT molecular complexity index is 545. The van der Waals surface area contributed by atoms with Crippen molar-refractivity contribution >= 4 is 11.9 Å². The average Bonchev–Trinajstić information content (AvgIpc) is 2.42. The second-order valence-electron chi connectivity index (χ2n) is 5.68. The predicted octanol–water partition coefficient (Wildman–Crippen LogP) is 1.98. The maximum absolute atomic E-state index is 12.2. The fourth-order valence-corrected chi connectivity index (χ4v) is 2.37. The van der Waals surface area contributed by atoms with Crippen LogP contribution in [0.3, 0.4) is 0 Å². The molecule has 0 fully saturated rings. The number of carbonyl (C=O) groups is 2. The molecule has 0 aliphatic heterocycles. The molecule has 0 bridgehead atoms. The summed E-state index contributed by atoms with van der Waals surface area (Å²) in [5.74, 6) is -1.11. The van der Waals surface area contributed by atoms with Crippen molar-refractivity contribution in [3.63, 3.8) is 0 Å². The van der Waals surface area contributed by atoms with Gasteiger partial charge in [0.15, 0.2) is 0 Å². The van der Waals surface area contributed by atoms with Crippen molar-refractivity contribution in [2.24, 2.45) is 5.73 Å². The minimum Gasteiger partial charge on any atom is -0.463 e. The lowest BCUT2D eigenvalue weighted by atomic mass is 9.97. The number of hydrogen-bond acceptors (Lipinski definition) is 5. The number of aryl methyl sites for hydroxylation is 3. The molecule has 0 saturated heterocycles. The van der Waals surface area contributed by atoms with Gasteiger partial charge in [0.2, 0.25) is 5.60 Å². The first-order valence-electron chi connectivity index (χ1n) is 7.39. The minimum absolute atomic E-state index is 0.104. The molecule has 122 valence electrons. The molecule has 0 heterocycles. The van der Waals surface area contributed by atoms with E-state index >= 15 is 0 Å². The summed E-state index contributed by atoms with van der Waals surface area (Å²) in [6.45, 7) is 9.17. The average molecular weight is 307 g/mol. The summed E-state index contributed by atoms with van der Waals surface area (Å²) >= 11 is 0. The molecule has 0 saturated carbocycles. The summed E-state index contributed by atoms with van der Waals surface area (Å²) in [6, 6.07) is 4.03. The van der Waals surface area contributed by atoms with Crippen molar-refractivity contribution in [2.75, 3.05) is 13.2 Å². The van der Waals surface area contributed by atoms with Crippen molar-refractivity contribution in [1.29, 1.82) is 0 Å². The fraction of sp³-hybridized carbons (Fsp3) is 0.529. The highest BCUT2D eigenvalue weighted by atomic mass is 16.6. The zero-order valence-electron chi connectivity index (χ0n) is 14.0. The first-order chi connectivity index (χ1) is 10.2. The van der Waals surface area contributed by atoms with Gasteiger partial charge in [-0.05, 0) is 51.3 Å². The third-order valence-electron chi connectivity index (χ3n) is 3.60. The number of hydrogen-bond donors (Lipinski definition) is 1. The molecular formula is C17H25NO4. The number of esters is 2. The molecule has 5 heteroatoms. The largest absolute Gasteiger partial charge is 0.463 e. The number of rotatable bonds is 6. The molecule has 5 nitrogen and oxygen atoms in total. The first kappa shape index (κ1) is 18.2. The van der Waals surface area contributed by atoms with E-state index in [1.54, 1.807) is 6.92 Å². The molecule has 1 aromatic rings. The molecule has 0 aliphatic rings. The second kappa shape index (κ2) is 7.40. The van der Waals surface area contributed by atoms with Gasteiger partial charge in [-0.15, -0.1) is 0 Å². The van der Waals surface area contributed by atoms with E-state index in [9.17, 15) is 9.59 Å². The van der Waals surface area contributed by atoms with Crippen LogP contribution in [0.2, 0.25) is 0 Å². The Hall–Kier alpha value is -1.88. The van der Waals surface area contributed by atoms with Crippen molar-refractivity contribution in [3.8, 4) is 0 Å². The SMILES string of the molecule is CCOC(=O)C(C)(CN)OC(=O)Cc1c(C)cc(C)cc1C. The van der Waals surface area contributed by atoms with Crippen LogP contribution in [-0.4, -0.2) is 30.7 Å². The van der Waals surface area contributed by atoms with Crippen LogP contribution in [0.25, 0.3) is 0 Å². The van der Waals surface area contributed by atoms with Crippen molar-refractivity contribution in [2.45, 2.75) is 46.6 Å². The van der Waals surface area contributed by atoms with E-state index in [4.69, 9.17) is 15.2 Å². The molecule has 1 atom stereocenters. The van der Waals surface area contributed by atoms with E-state index in [1.165, 1.54) is 6.92 Å². The molecule has 0 amide bonds. The van der Waals surface area contributed by atoms with E-state index in [2.05, 4.69) is 0 Å². The van der Waals surface area contributed by atoms with Gasteiger partial charge >= 0.3 is 11.9 Å². The first-order valence-corrected chi connectivity index (χ1v) is 7.39. The molecule has 0 radical (unpaired) electrons. The second-order valence-corrected chi connectivity index (χ2v) is 5.68. The summed E-state index contributed by atoms with van der Waals surface area (Å²) in [4.78, 5) is 24.1. The lowest BCUT2D eigenvalue weighted by Crippen LogP contribution is -2.48. The summed E-state index contributed by atoms with van der Waals surface area (Å²) in [7, 11) is 0. The van der Waals surface area contributed by atoms with Gasteiger partial charge in [0, 0.05) is 6.54 Å². The molecule has 22 heavy (non-hydrogen) atoms. The molecule has 2 N–H and O–H groups in total. The van der Waals surface area contributed by atoms with Crippen LogP contribution in [0.5, 0.6) is 0 Å². The minimum atomic E-state index is -1.44. The quantitative estimate of drug-likeness (QED) is 0.813. The molecule has 1 rings (SSSR count). The van der Waals surface area contributed by atoms with E-state index in [0.29, 0.717) is 0 Å². The monoisotopic (exact) mass is 307 g/mol. The van der Waals surface area contributed by atoms with Crippen molar-refractivity contribution in [1.82, 2.24) is 0 Å². The predicted molar refractivity (Wildman–Crippen MR) is 84.5 cm³/mol. The Morgan fingerprint density at radius 1 is 1.18 bits per heavy atom. The number of benzene rings is 1. The topological polar surface area (TPSA) is 78.6 Å². The van der Waals surface area contributed by atoms with Crippen LogP contribution in [0.1, 0.15) is 36.1 Å². The highest BCUT2D eigenvalue weighted by Gasteiger charge is 2.37. The standard InChI is InChI=1S/C17H25NO4/c1-6-21-16(20)17(5,10-18)22-15(19)9-14-12(3)7-11(2)8-13(14)4/h7-8H,6,9-10,18H2,1-5H3. The summed E-state index contributed by atoms with van der Waals surface area (Å²) < 4.78 is 10.2. The van der Waals surface area contributed by atoms with Gasteiger partial charge < -0.3 is 15.2 Å². The van der Waals surface area contributed by atoms with Crippen LogP contribution in [0.4, 0.5) is 0 Å². The van der Waals surface area contributed by atoms with Crippen LogP contribution in [0, 0.1) is 20.8 Å². The van der Waals surface area contributed by atoms with Crippen molar-refractivity contribution < 1.29 is 19.1 Å². The van der Waals surface area contributed by atoms with E-state index in [1.807, 2.05) is 32.9 Å². The molecule has 0 aliphatic carbocycles. The molecule has 1 unspecified atom stereocenters. The summed E-state index contributed by atoms with van der Waals surface area (Å²) in [5.41, 5.74) is 8.25. The van der Waals surface area contributed by atoms with E-state index < -0.39 is 17.5 Å². The lowest BCUT2D eigenvalue weighted by molar-refractivity contribution is -0.178. The normalized spacial score (nSPS) is 13.4. The maximum atomic E-state index is 12.2. The number of ether oxygens (including phenoxy) is 2. The lowest BCUT2D eigenvalue weighted by Gasteiger charge is -2.26. The third kappa shape index (κ3) is 4.31. The third-order valence-corrected chi connectivity index (χ3v) is 3.60. The fourth-order valence-electron chi connectivity index (χ4n) is 2.37. The number of carbonyl (C=O) groups excluding carboxylic acids is 2. The van der Waals surface area contributed by atoms with Gasteiger partial charge in [0.1, 0.15) is 0 Å². The van der Waals surface area contributed by atoms with Crippen LogP contribution in [0.15, 0.2) is 12.1 Å².